The van der Waals surface area contributed by atoms with Crippen LogP contribution in [0.25, 0.3) is 0 Å². The maximum atomic E-state index is 9.43. The molecule has 0 aromatic heterocycles. The van der Waals surface area contributed by atoms with E-state index in [0.29, 0.717) is 18.5 Å². The van der Waals surface area contributed by atoms with Crippen molar-refractivity contribution in [3.8, 4) is 6.07 Å². The molecule has 1 aliphatic heterocycles. The zero-order valence-electron chi connectivity index (χ0n) is 11.6. The molecular weight excluding hydrogens is 234 g/mol. The van der Waals surface area contributed by atoms with Gasteiger partial charge in [-0.2, -0.15) is 5.26 Å². The highest BCUT2D eigenvalue weighted by atomic mass is 15.2. The standard InChI is InChI=1S/C16H23N3/c1-13-6-5-9-19(16(13)11-18)12-15(10-17)14-7-3-2-4-8-14/h2-4,7-8,13,15-16H,5-6,9,11-12,18H2,1H3. The average molecular weight is 257 g/mol. The molecule has 19 heavy (non-hydrogen) atoms. The number of piperidine rings is 1. The van der Waals surface area contributed by atoms with E-state index < -0.39 is 0 Å². The first-order valence-corrected chi connectivity index (χ1v) is 7.15. The first-order valence-electron chi connectivity index (χ1n) is 7.15. The van der Waals surface area contributed by atoms with Crippen LogP contribution in [0.1, 0.15) is 31.2 Å². The molecule has 0 bridgehead atoms. The Kier molecular flexibility index (Phi) is 4.95. The third-order valence-corrected chi connectivity index (χ3v) is 4.25. The van der Waals surface area contributed by atoms with Gasteiger partial charge < -0.3 is 5.73 Å². The van der Waals surface area contributed by atoms with Gasteiger partial charge in [0.1, 0.15) is 0 Å². The lowest BCUT2D eigenvalue weighted by atomic mass is 9.89. The van der Waals surface area contributed by atoms with E-state index in [9.17, 15) is 5.26 Å². The maximum absolute atomic E-state index is 9.43. The van der Waals surface area contributed by atoms with Crippen LogP contribution >= 0.6 is 0 Å². The van der Waals surface area contributed by atoms with E-state index in [-0.39, 0.29) is 5.92 Å². The van der Waals surface area contributed by atoms with Gasteiger partial charge in [-0.3, -0.25) is 4.90 Å². The van der Waals surface area contributed by atoms with E-state index in [1.165, 1.54) is 12.8 Å². The zero-order chi connectivity index (χ0) is 13.7. The summed E-state index contributed by atoms with van der Waals surface area (Å²) in [4.78, 5) is 2.41. The van der Waals surface area contributed by atoms with Gasteiger partial charge in [0, 0.05) is 19.1 Å². The van der Waals surface area contributed by atoms with E-state index in [0.717, 1.165) is 18.7 Å². The van der Waals surface area contributed by atoms with Gasteiger partial charge in [-0.25, -0.2) is 0 Å². The molecular formula is C16H23N3. The second kappa shape index (κ2) is 6.70. The molecule has 2 N–H and O–H groups in total. The van der Waals surface area contributed by atoms with Crippen molar-refractivity contribution in [2.75, 3.05) is 19.6 Å². The second-order valence-electron chi connectivity index (χ2n) is 5.51. The van der Waals surface area contributed by atoms with Gasteiger partial charge in [-0.05, 0) is 30.9 Å². The molecule has 102 valence electrons. The molecule has 1 saturated heterocycles. The summed E-state index contributed by atoms with van der Waals surface area (Å²) < 4.78 is 0. The molecule has 0 saturated carbocycles. The number of nitrogens with two attached hydrogens (primary N) is 1. The highest BCUT2D eigenvalue weighted by Crippen LogP contribution is 2.25. The monoisotopic (exact) mass is 257 g/mol. The van der Waals surface area contributed by atoms with Crippen molar-refractivity contribution in [1.82, 2.24) is 4.90 Å². The predicted molar refractivity (Wildman–Crippen MR) is 77.6 cm³/mol. The Labute approximate surface area is 116 Å². The largest absolute Gasteiger partial charge is 0.329 e. The van der Waals surface area contributed by atoms with E-state index in [1.807, 2.05) is 30.3 Å². The number of hydrogen-bond donors (Lipinski definition) is 1. The first-order chi connectivity index (χ1) is 9.26. The van der Waals surface area contributed by atoms with Crippen LogP contribution < -0.4 is 5.73 Å². The van der Waals surface area contributed by atoms with Crippen LogP contribution in [0.15, 0.2) is 30.3 Å². The average Bonchev–Trinajstić information content (AvgIpc) is 2.46. The zero-order valence-corrected chi connectivity index (χ0v) is 11.6. The lowest BCUT2D eigenvalue weighted by Crippen LogP contribution is -2.49. The summed E-state index contributed by atoms with van der Waals surface area (Å²) in [5, 5.41) is 9.43. The summed E-state index contributed by atoms with van der Waals surface area (Å²) in [6, 6.07) is 12.9. The number of likely N-dealkylation sites (tertiary alicyclic amines) is 1. The van der Waals surface area contributed by atoms with Gasteiger partial charge in [-0.1, -0.05) is 37.3 Å². The first kappa shape index (κ1) is 14.0. The SMILES string of the molecule is CC1CCCN(CC(C#N)c2ccccc2)C1CN. The molecule has 3 unspecified atom stereocenters. The van der Waals surface area contributed by atoms with Crippen molar-refractivity contribution in [1.29, 1.82) is 5.26 Å². The number of rotatable bonds is 4. The molecule has 2 rings (SSSR count). The Hall–Kier alpha value is -1.37. The lowest BCUT2D eigenvalue weighted by molar-refractivity contribution is 0.104. The third-order valence-electron chi connectivity index (χ3n) is 4.25. The van der Waals surface area contributed by atoms with Crippen LogP contribution in [0, 0.1) is 17.2 Å². The summed E-state index contributed by atoms with van der Waals surface area (Å²) in [6.07, 6.45) is 2.46. The van der Waals surface area contributed by atoms with Crippen molar-refractivity contribution in [3.63, 3.8) is 0 Å². The maximum Gasteiger partial charge on any atom is 0.0839 e. The number of benzene rings is 1. The van der Waals surface area contributed by atoms with Crippen molar-refractivity contribution in [3.05, 3.63) is 35.9 Å². The summed E-state index contributed by atoms with van der Waals surface area (Å²) in [6.45, 7) is 4.83. The molecule has 0 aliphatic carbocycles. The molecule has 0 spiro atoms. The van der Waals surface area contributed by atoms with Crippen LogP contribution in [-0.2, 0) is 0 Å². The molecule has 0 amide bonds. The highest BCUT2D eigenvalue weighted by Gasteiger charge is 2.29. The van der Waals surface area contributed by atoms with E-state index in [4.69, 9.17) is 5.73 Å². The number of hydrogen-bond acceptors (Lipinski definition) is 3. The van der Waals surface area contributed by atoms with Crippen LogP contribution in [0.4, 0.5) is 0 Å². The van der Waals surface area contributed by atoms with Gasteiger partial charge in [0.05, 0.1) is 12.0 Å². The van der Waals surface area contributed by atoms with E-state index >= 15 is 0 Å². The molecule has 3 heteroatoms. The van der Waals surface area contributed by atoms with Gasteiger partial charge in [-0.15, -0.1) is 0 Å². The van der Waals surface area contributed by atoms with Gasteiger partial charge in [0.25, 0.3) is 0 Å². The fraction of sp³-hybridized carbons (Fsp3) is 0.562. The van der Waals surface area contributed by atoms with Gasteiger partial charge in [0.15, 0.2) is 0 Å². The highest BCUT2D eigenvalue weighted by molar-refractivity contribution is 5.25. The fourth-order valence-corrected chi connectivity index (χ4v) is 3.08. The smallest absolute Gasteiger partial charge is 0.0839 e. The fourth-order valence-electron chi connectivity index (χ4n) is 3.08. The van der Waals surface area contributed by atoms with Crippen LogP contribution in [-0.4, -0.2) is 30.6 Å². The van der Waals surface area contributed by atoms with Crippen LogP contribution in [0.5, 0.6) is 0 Å². The minimum Gasteiger partial charge on any atom is -0.329 e. The quantitative estimate of drug-likeness (QED) is 0.901. The normalized spacial score (nSPS) is 25.7. The Balaban J connectivity index is 2.08. The molecule has 1 fully saturated rings. The third kappa shape index (κ3) is 3.34. The summed E-state index contributed by atoms with van der Waals surface area (Å²) in [7, 11) is 0. The number of nitriles is 1. The minimum absolute atomic E-state index is 0.0550. The Morgan fingerprint density at radius 3 is 2.79 bits per heavy atom. The van der Waals surface area contributed by atoms with Gasteiger partial charge in [0.2, 0.25) is 0 Å². The minimum atomic E-state index is -0.0550. The predicted octanol–water partition coefficient (Wildman–Crippen LogP) is 2.35. The second-order valence-corrected chi connectivity index (χ2v) is 5.51. The summed E-state index contributed by atoms with van der Waals surface area (Å²) in [5.74, 6) is 0.578. The van der Waals surface area contributed by atoms with E-state index in [2.05, 4.69) is 17.9 Å². The van der Waals surface area contributed by atoms with Crippen LogP contribution in [0.3, 0.4) is 0 Å². The lowest BCUT2D eigenvalue weighted by Gasteiger charge is -2.40. The van der Waals surface area contributed by atoms with Crippen molar-refractivity contribution in [2.24, 2.45) is 11.7 Å². The van der Waals surface area contributed by atoms with Crippen LogP contribution in [0.2, 0.25) is 0 Å². The molecule has 3 atom stereocenters. The molecule has 3 nitrogen and oxygen atoms in total. The summed E-state index contributed by atoms with van der Waals surface area (Å²) in [5.41, 5.74) is 7.03. The Bertz CT molecular complexity index is 423. The van der Waals surface area contributed by atoms with Gasteiger partial charge >= 0.3 is 0 Å². The summed E-state index contributed by atoms with van der Waals surface area (Å²) >= 11 is 0. The molecule has 1 aromatic carbocycles. The topological polar surface area (TPSA) is 53.0 Å². The van der Waals surface area contributed by atoms with Crippen molar-refractivity contribution >= 4 is 0 Å². The number of nitrogens with zero attached hydrogens (tertiary/aromatic N) is 2. The molecule has 1 aromatic rings. The Morgan fingerprint density at radius 2 is 2.16 bits per heavy atom. The van der Waals surface area contributed by atoms with Crippen molar-refractivity contribution < 1.29 is 0 Å². The molecule has 0 radical (unpaired) electrons. The molecule has 1 aliphatic rings. The molecule has 1 heterocycles. The van der Waals surface area contributed by atoms with Crippen molar-refractivity contribution in [2.45, 2.75) is 31.7 Å². The van der Waals surface area contributed by atoms with E-state index in [1.54, 1.807) is 0 Å². The Morgan fingerprint density at radius 1 is 1.42 bits per heavy atom.